The fourth-order valence-electron chi connectivity index (χ4n) is 4.96. The van der Waals surface area contributed by atoms with Crippen molar-refractivity contribution in [3.63, 3.8) is 0 Å². The summed E-state index contributed by atoms with van der Waals surface area (Å²) >= 11 is 6.15. The minimum absolute atomic E-state index is 0.0579. The molecule has 5 rings (SSSR count). The number of benzene rings is 3. The summed E-state index contributed by atoms with van der Waals surface area (Å²) in [7, 11) is 3.90. The van der Waals surface area contributed by atoms with Crippen LogP contribution in [-0.2, 0) is 19.1 Å². The van der Waals surface area contributed by atoms with Gasteiger partial charge >= 0.3 is 17.6 Å². The van der Waals surface area contributed by atoms with E-state index < -0.39 is 35.1 Å². The zero-order valence-electron chi connectivity index (χ0n) is 21.2. The second kappa shape index (κ2) is 10.3. The highest BCUT2D eigenvalue weighted by atomic mass is 35.5. The highest BCUT2D eigenvalue weighted by Gasteiger charge is 2.62. The Balaban J connectivity index is 1.86. The molecule has 1 aliphatic rings. The van der Waals surface area contributed by atoms with Gasteiger partial charge in [-0.3, -0.25) is 4.79 Å². The van der Waals surface area contributed by atoms with Gasteiger partial charge in [0, 0.05) is 16.6 Å². The average Bonchev–Trinajstić information content (AvgIpc) is 2.96. The predicted octanol–water partition coefficient (Wildman–Crippen LogP) is 4.75. The van der Waals surface area contributed by atoms with E-state index in [1.165, 1.54) is 21.3 Å². The Morgan fingerprint density at radius 1 is 0.923 bits per heavy atom. The summed E-state index contributed by atoms with van der Waals surface area (Å²) in [6.07, 6.45) is 0. The Kier molecular flexibility index (Phi) is 6.93. The van der Waals surface area contributed by atoms with Crippen molar-refractivity contribution in [2.24, 2.45) is 5.92 Å². The number of hydrogen-bond acceptors (Lipinski definition) is 9. The zero-order chi connectivity index (χ0) is 27.7. The van der Waals surface area contributed by atoms with E-state index in [0.29, 0.717) is 27.4 Å². The minimum Gasteiger partial charge on any atom is -0.497 e. The Morgan fingerprint density at radius 2 is 1.62 bits per heavy atom. The van der Waals surface area contributed by atoms with E-state index in [0.717, 1.165) is 0 Å². The molecular formula is C29H24ClNO8. The number of nitrogens with one attached hydrogen (secondary N) is 1. The lowest BCUT2D eigenvalue weighted by molar-refractivity contribution is -0.174. The number of methoxy groups -OCH3 is 3. The van der Waals surface area contributed by atoms with Crippen molar-refractivity contribution in [3.05, 3.63) is 99.4 Å². The summed E-state index contributed by atoms with van der Waals surface area (Å²) in [5.74, 6) is -3.56. The first-order valence-corrected chi connectivity index (χ1v) is 12.3. The minimum atomic E-state index is -2.16. The number of esters is 2. The number of anilines is 1. The predicted molar refractivity (Wildman–Crippen MR) is 143 cm³/mol. The SMILES string of the molecule is COC(=O)C1C(c2ccc(Cl)cc2)c2c(c3ccccc3oc2=O)OC1(Nc1ccc(OC)cc1)C(=O)OC. The largest absolute Gasteiger partial charge is 0.497 e. The van der Waals surface area contributed by atoms with Gasteiger partial charge in [0.15, 0.2) is 0 Å². The summed E-state index contributed by atoms with van der Waals surface area (Å²) in [5, 5.41) is 3.96. The van der Waals surface area contributed by atoms with Gasteiger partial charge in [0.05, 0.1) is 32.3 Å². The molecule has 0 amide bonds. The van der Waals surface area contributed by atoms with Crippen molar-refractivity contribution in [2.45, 2.75) is 11.6 Å². The van der Waals surface area contributed by atoms with Crippen molar-refractivity contribution in [1.29, 1.82) is 0 Å². The van der Waals surface area contributed by atoms with Gasteiger partial charge in [0.2, 0.25) is 0 Å². The van der Waals surface area contributed by atoms with Crippen LogP contribution < -0.4 is 20.4 Å². The highest BCUT2D eigenvalue weighted by Crippen LogP contribution is 2.50. The maximum atomic E-state index is 13.7. The topological polar surface area (TPSA) is 113 Å². The Bertz CT molecular complexity index is 1600. The number of hydrogen-bond donors (Lipinski definition) is 1. The van der Waals surface area contributed by atoms with E-state index in [9.17, 15) is 14.4 Å². The highest BCUT2D eigenvalue weighted by molar-refractivity contribution is 6.30. The molecule has 10 heteroatoms. The van der Waals surface area contributed by atoms with Gasteiger partial charge in [-0.15, -0.1) is 0 Å². The van der Waals surface area contributed by atoms with E-state index >= 15 is 0 Å². The lowest BCUT2D eigenvalue weighted by Gasteiger charge is -2.45. The van der Waals surface area contributed by atoms with Crippen molar-refractivity contribution in [2.75, 3.05) is 26.6 Å². The number of fused-ring (bicyclic) bond motifs is 3. The fourth-order valence-corrected chi connectivity index (χ4v) is 5.09. The smallest absolute Gasteiger partial charge is 0.373 e. The quantitative estimate of drug-likeness (QED) is 0.269. The van der Waals surface area contributed by atoms with Crippen molar-refractivity contribution in [1.82, 2.24) is 0 Å². The molecule has 39 heavy (non-hydrogen) atoms. The van der Waals surface area contributed by atoms with E-state index in [2.05, 4.69) is 5.32 Å². The summed E-state index contributed by atoms with van der Waals surface area (Å²) in [5.41, 5.74) is -1.66. The van der Waals surface area contributed by atoms with Gasteiger partial charge in [0.1, 0.15) is 23.0 Å². The monoisotopic (exact) mass is 549 g/mol. The van der Waals surface area contributed by atoms with Gasteiger partial charge in [-0.05, 0) is 54.1 Å². The normalized spacial score (nSPS) is 19.9. The molecule has 0 spiro atoms. The summed E-state index contributed by atoms with van der Waals surface area (Å²) in [6, 6.07) is 20.0. The first-order chi connectivity index (χ1) is 18.8. The van der Waals surface area contributed by atoms with Crippen LogP contribution in [0.4, 0.5) is 5.69 Å². The van der Waals surface area contributed by atoms with E-state index in [4.69, 9.17) is 35.0 Å². The number of carbonyl (C=O) groups excluding carboxylic acids is 2. The lowest BCUT2D eigenvalue weighted by atomic mass is 9.72. The van der Waals surface area contributed by atoms with Crippen molar-refractivity contribution in [3.8, 4) is 11.5 Å². The molecule has 0 fully saturated rings. The molecule has 1 aromatic heterocycles. The number of para-hydroxylation sites is 1. The van der Waals surface area contributed by atoms with Crippen LogP contribution in [0.3, 0.4) is 0 Å². The Morgan fingerprint density at radius 3 is 2.26 bits per heavy atom. The Labute approximate surface area is 228 Å². The molecule has 0 aliphatic carbocycles. The first kappa shape index (κ1) is 26.1. The van der Waals surface area contributed by atoms with E-state index in [1.807, 2.05) is 0 Å². The van der Waals surface area contributed by atoms with E-state index in [1.54, 1.807) is 72.8 Å². The third-order valence-corrected chi connectivity index (χ3v) is 6.99. The molecule has 0 saturated heterocycles. The van der Waals surface area contributed by atoms with Crippen LogP contribution >= 0.6 is 11.6 Å². The molecule has 1 aliphatic heterocycles. The standard InChI is InChI=1S/C29H24ClNO8/c1-35-19-14-12-18(13-15-19)31-29(28(34)37-3)24(27(33)36-2)22(16-8-10-17(30)11-9-16)23-25(39-29)20-6-4-5-7-21(20)38-26(23)32/h4-15,22,24,31H,1-3H3. The molecular weight excluding hydrogens is 526 g/mol. The molecule has 4 aromatic rings. The Hall–Kier alpha value is -4.50. The van der Waals surface area contributed by atoms with Crippen LogP contribution in [-0.4, -0.2) is 39.0 Å². The molecule has 9 nitrogen and oxygen atoms in total. The maximum absolute atomic E-state index is 13.7. The van der Waals surface area contributed by atoms with Gasteiger partial charge in [-0.2, -0.15) is 0 Å². The molecule has 0 radical (unpaired) electrons. The van der Waals surface area contributed by atoms with Crippen LogP contribution in [0.5, 0.6) is 11.5 Å². The summed E-state index contributed by atoms with van der Waals surface area (Å²) in [6.45, 7) is 0. The van der Waals surface area contributed by atoms with Crippen LogP contribution in [0.15, 0.2) is 82.0 Å². The molecule has 1 N–H and O–H groups in total. The number of rotatable bonds is 6. The number of halogens is 1. The van der Waals surface area contributed by atoms with Gasteiger partial charge in [-0.25, -0.2) is 9.59 Å². The van der Waals surface area contributed by atoms with Crippen LogP contribution in [0, 0.1) is 5.92 Å². The van der Waals surface area contributed by atoms with Crippen molar-refractivity contribution >= 4 is 40.2 Å². The second-order valence-electron chi connectivity index (χ2n) is 8.84. The molecule has 200 valence electrons. The van der Waals surface area contributed by atoms with Gasteiger partial charge in [-0.1, -0.05) is 35.9 Å². The maximum Gasteiger partial charge on any atom is 0.373 e. The fraction of sp³-hybridized carbons (Fsp3) is 0.207. The summed E-state index contributed by atoms with van der Waals surface area (Å²) in [4.78, 5) is 40.8. The lowest BCUT2D eigenvalue weighted by Crippen LogP contribution is -2.64. The number of carbonyl (C=O) groups is 2. The molecule has 2 heterocycles. The van der Waals surface area contributed by atoms with Crippen LogP contribution in [0.2, 0.25) is 5.02 Å². The average molecular weight is 550 g/mol. The van der Waals surface area contributed by atoms with Crippen LogP contribution in [0.25, 0.3) is 11.0 Å². The van der Waals surface area contributed by atoms with Gasteiger partial charge in [0.25, 0.3) is 5.72 Å². The third kappa shape index (κ3) is 4.44. The van der Waals surface area contributed by atoms with Gasteiger partial charge < -0.3 is 28.7 Å². The first-order valence-electron chi connectivity index (χ1n) is 11.9. The number of ether oxygens (including phenoxy) is 4. The molecule has 0 saturated carbocycles. The van der Waals surface area contributed by atoms with E-state index in [-0.39, 0.29) is 16.9 Å². The third-order valence-electron chi connectivity index (χ3n) is 6.74. The van der Waals surface area contributed by atoms with Crippen LogP contribution in [0.1, 0.15) is 17.0 Å². The molecule has 3 unspecified atom stereocenters. The second-order valence-corrected chi connectivity index (χ2v) is 9.28. The molecule has 3 aromatic carbocycles. The molecule has 0 bridgehead atoms. The molecule has 3 atom stereocenters. The summed E-state index contributed by atoms with van der Waals surface area (Å²) < 4.78 is 27.7. The zero-order valence-corrected chi connectivity index (χ0v) is 22.0. The van der Waals surface area contributed by atoms with Crippen molar-refractivity contribution < 1.29 is 33.0 Å².